The molecule has 33 heavy (non-hydrogen) atoms. The molecular weight excluding hydrogens is 418 g/mol. The second kappa shape index (κ2) is 13.4. The van der Waals surface area contributed by atoms with Crippen molar-refractivity contribution in [3.05, 3.63) is 23.8 Å². The minimum absolute atomic E-state index is 0.0582. The number of nitrogens with two attached hydrogens (primary N) is 1. The van der Waals surface area contributed by atoms with Crippen molar-refractivity contribution in [3.8, 4) is 11.5 Å². The van der Waals surface area contributed by atoms with E-state index in [2.05, 4.69) is 12.2 Å². The highest BCUT2D eigenvalue weighted by Crippen LogP contribution is 2.31. The van der Waals surface area contributed by atoms with Crippen molar-refractivity contribution in [2.24, 2.45) is 5.73 Å². The fourth-order valence-corrected chi connectivity index (χ4v) is 4.31. The molecule has 0 aliphatic carbocycles. The highest BCUT2D eigenvalue weighted by molar-refractivity contribution is 5.76. The molecule has 1 atom stereocenters. The van der Waals surface area contributed by atoms with Crippen molar-refractivity contribution < 1.29 is 19.1 Å². The molecule has 1 aliphatic heterocycles. The average Bonchev–Trinajstić information content (AvgIpc) is 3.21. The summed E-state index contributed by atoms with van der Waals surface area (Å²) in [7, 11) is 1.54. The Balaban J connectivity index is 1.85. The number of benzene rings is 1. The lowest BCUT2D eigenvalue weighted by Crippen LogP contribution is -2.44. The standard InChI is InChI=1S/C26H43N3O4/c1-5-6-7-8-9-10-13-24(30)28-19-20-14-15-22(23(17-20)32-4)33-25(31)29-16-11-12-21(29)18-26(2,3)27/h14-15,17,21H,5-13,16,18-19,27H2,1-4H3,(H,28,30). The molecule has 0 radical (unpaired) electrons. The Morgan fingerprint density at radius 1 is 1.15 bits per heavy atom. The highest BCUT2D eigenvalue weighted by Gasteiger charge is 2.33. The molecule has 1 aromatic carbocycles. The molecular formula is C26H43N3O4. The predicted molar refractivity (Wildman–Crippen MR) is 131 cm³/mol. The Bertz CT molecular complexity index is 760. The summed E-state index contributed by atoms with van der Waals surface area (Å²) in [5, 5.41) is 2.96. The summed E-state index contributed by atoms with van der Waals surface area (Å²) in [5.41, 5.74) is 6.72. The van der Waals surface area contributed by atoms with E-state index < -0.39 is 0 Å². The van der Waals surface area contributed by atoms with Crippen LogP contribution in [-0.2, 0) is 11.3 Å². The van der Waals surface area contributed by atoms with E-state index in [0.717, 1.165) is 37.7 Å². The topological polar surface area (TPSA) is 93.9 Å². The molecule has 2 amide bonds. The van der Waals surface area contributed by atoms with Gasteiger partial charge >= 0.3 is 6.09 Å². The van der Waals surface area contributed by atoms with Crippen molar-refractivity contribution >= 4 is 12.0 Å². The Hall–Kier alpha value is -2.28. The zero-order valence-electron chi connectivity index (χ0n) is 21.0. The second-order valence-corrected chi connectivity index (χ2v) is 9.83. The van der Waals surface area contributed by atoms with E-state index in [-0.39, 0.29) is 23.6 Å². The van der Waals surface area contributed by atoms with Gasteiger partial charge in [0.1, 0.15) is 0 Å². The summed E-state index contributed by atoms with van der Waals surface area (Å²) in [6.07, 6.45) is 9.76. The fraction of sp³-hybridized carbons (Fsp3) is 0.692. The van der Waals surface area contributed by atoms with Gasteiger partial charge in [0, 0.05) is 31.1 Å². The van der Waals surface area contributed by atoms with Crippen LogP contribution in [0, 0.1) is 0 Å². The van der Waals surface area contributed by atoms with E-state index in [9.17, 15) is 9.59 Å². The molecule has 0 bridgehead atoms. The van der Waals surface area contributed by atoms with Gasteiger partial charge in [-0.2, -0.15) is 0 Å². The van der Waals surface area contributed by atoms with Gasteiger partial charge < -0.3 is 25.4 Å². The first-order valence-corrected chi connectivity index (χ1v) is 12.4. The molecule has 1 fully saturated rings. The molecule has 1 heterocycles. The summed E-state index contributed by atoms with van der Waals surface area (Å²) in [6, 6.07) is 5.47. The van der Waals surface area contributed by atoms with Crippen LogP contribution >= 0.6 is 0 Å². The van der Waals surface area contributed by atoms with Gasteiger partial charge in [-0.1, -0.05) is 45.1 Å². The normalized spacial score (nSPS) is 16.0. The van der Waals surface area contributed by atoms with Gasteiger partial charge in [-0.15, -0.1) is 0 Å². The number of nitrogens with zero attached hydrogens (tertiary/aromatic N) is 1. The molecule has 7 nitrogen and oxygen atoms in total. The van der Waals surface area contributed by atoms with Crippen LogP contribution in [0.25, 0.3) is 0 Å². The number of hydrogen-bond donors (Lipinski definition) is 2. The van der Waals surface area contributed by atoms with Gasteiger partial charge in [0.2, 0.25) is 5.91 Å². The zero-order valence-corrected chi connectivity index (χ0v) is 21.0. The van der Waals surface area contributed by atoms with E-state index in [1.54, 1.807) is 24.1 Å². The first kappa shape index (κ1) is 27.0. The predicted octanol–water partition coefficient (Wildman–Crippen LogP) is 5.15. The van der Waals surface area contributed by atoms with E-state index in [0.29, 0.717) is 31.0 Å². The minimum atomic E-state index is -0.375. The molecule has 1 unspecified atom stereocenters. The number of carbonyl (C=O) groups excluding carboxylic acids is 2. The fourth-order valence-electron chi connectivity index (χ4n) is 4.31. The van der Waals surface area contributed by atoms with Gasteiger partial charge in [-0.05, 0) is 57.2 Å². The van der Waals surface area contributed by atoms with Crippen LogP contribution in [0.1, 0.15) is 90.5 Å². The minimum Gasteiger partial charge on any atom is -0.493 e. The van der Waals surface area contributed by atoms with E-state index in [4.69, 9.17) is 15.2 Å². The van der Waals surface area contributed by atoms with Crippen LogP contribution in [0.4, 0.5) is 4.79 Å². The lowest BCUT2D eigenvalue weighted by Gasteiger charge is -2.29. The molecule has 1 aromatic rings. The number of carbonyl (C=O) groups is 2. The third kappa shape index (κ3) is 9.62. The maximum Gasteiger partial charge on any atom is 0.415 e. The molecule has 186 valence electrons. The molecule has 0 spiro atoms. The lowest BCUT2D eigenvalue weighted by molar-refractivity contribution is -0.121. The smallest absolute Gasteiger partial charge is 0.415 e. The van der Waals surface area contributed by atoms with E-state index in [1.165, 1.54) is 25.7 Å². The molecule has 2 rings (SSSR count). The SMILES string of the molecule is CCCCCCCCC(=O)NCc1ccc(OC(=O)N2CCCC2CC(C)(C)N)c(OC)c1. The van der Waals surface area contributed by atoms with Crippen molar-refractivity contribution in [2.75, 3.05) is 13.7 Å². The van der Waals surface area contributed by atoms with Crippen LogP contribution in [0.3, 0.4) is 0 Å². The van der Waals surface area contributed by atoms with Crippen molar-refractivity contribution in [2.45, 2.75) is 103 Å². The second-order valence-electron chi connectivity index (χ2n) is 9.83. The number of rotatable bonds is 13. The van der Waals surface area contributed by atoms with Crippen molar-refractivity contribution in [1.82, 2.24) is 10.2 Å². The number of methoxy groups -OCH3 is 1. The van der Waals surface area contributed by atoms with Gasteiger partial charge in [0.05, 0.1) is 7.11 Å². The number of likely N-dealkylation sites (tertiary alicyclic amines) is 1. The Morgan fingerprint density at radius 3 is 2.58 bits per heavy atom. The molecule has 3 N–H and O–H groups in total. The third-order valence-corrected chi connectivity index (χ3v) is 6.05. The molecule has 1 saturated heterocycles. The van der Waals surface area contributed by atoms with Crippen LogP contribution in [-0.4, -0.2) is 42.1 Å². The summed E-state index contributed by atoms with van der Waals surface area (Å²) in [5.74, 6) is 0.908. The summed E-state index contributed by atoms with van der Waals surface area (Å²) >= 11 is 0. The van der Waals surface area contributed by atoms with Gasteiger partial charge in [-0.3, -0.25) is 4.79 Å². The molecule has 0 saturated carbocycles. The number of unbranched alkanes of at least 4 members (excludes halogenated alkanes) is 5. The van der Waals surface area contributed by atoms with Crippen molar-refractivity contribution in [3.63, 3.8) is 0 Å². The number of hydrogen-bond acceptors (Lipinski definition) is 5. The van der Waals surface area contributed by atoms with Crippen LogP contribution in [0.15, 0.2) is 18.2 Å². The maximum absolute atomic E-state index is 12.8. The summed E-state index contributed by atoms with van der Waals surface area (Å²) < 4.78 is 11.1. The molecule has 1 aliphatic rings. The summed E-state index contributed by atoms with van der Waals surface area (Å²) in [4.78, 5) is 26.7. The number of nitrogens with one attached hydrogen (secondary N) is 1. The number of ether oxygens (including phenoxy) is 2. The van der Waals surface area contributed by atoms with E-state index >= 15 is 0 Å². The Labute approximate surface area is 199 Å². The zero-order chi connectivity index (χ0) is 24.3. The first-order chi connectivity index (χ1) is 15.7. The maximum atomic E-state index is 12.8. The highest BCUT2D eigenvalue weighted by atomic mass is 16.6. The van der Waals surface area contributed by atoms with Gasteiger partial charge in [-0.25, -0.2) is 4.79 Å². The van der Waals surface area contributed by atoms with Crippen LogP contribution in [0.2, 0.25) is 0 Å². The van der Waals surface area contributed by atoms with E-state index in [1.807, 2.05) is 19.9 Å². The lowest BCUT2D eigenvalue weighted by atomic mass is 9.95. The third-order valence-electron chi connectivity index (χ3n) is 6.05. The van der Waals surface area contributed by atoms with Crippen molar-refractivity contribution in [1.29, 1.82) is 0 Å². The van der Waals surface area contributed by atoms with Crippen LogP contribution in [0.5, 0.6) is 11.5 Å². The summed E-state index contributed by atoms with van der Waals surface area (Å²) in [6.45, 7) is 7.24. The van der Waals surface area contributed by atoms with Crippen LogP contribution < -0.4 is 20.5 Å². The quantitative estimate of drug-likeness (QED) is 0.396. The Morgan fingerprint density at radius 2 is 1.88 bits per heavy atom. The van der Waals surface area contributed by atoms with Gasteiger partial charge in [0.15, 0.2) is 11.5 Å². The van der Waals surface area contributed by atoms with Gasteiger partial charge in [0.25, 0.3) is 0 Å². The molecule has 7 heteroatoms. The first-order valence-electron chi connectivity index (χ1n) is 12.4. The Kier molecular flexibility index (Phi) is 11.0. The number of amides is 2. The monoisotopic (exact) mass is 461 g/mol. The largest absolute Gasteiger partial charge is 0.493 e. The average molecular weight is 462 g/mol. The molecule has 0 aromatic heterocycles.